The highest BCUT2D eigenvalue weighted by molar-refractivity contribution is 4.88. The minimum absolute atomic E-state index is 0.323. The van der Waals surface area contributed by atoms with Crippen LogP contribution in [0, 0.1) is 0 Å². The summed E-state index contributed by atoms with van der Waals surface area (Å²) in [4.78, 5) is 2.50. The Balaban J connectivity index is 2.42. The van der Waals surface area contributed by atoms with Gasteiger partial charge in [-0.3, -0.25) is 4.90 Å². The third kappa shape index (κ3) is 2.68. The van der Waals surface area contributed by atoms with Crippen molar-refractivity contribution in [1.29, 1.82) is 0 Å². The van der Waals surface area contributed by atoms with Gasteiger partial charge in [-0.2, -0.15) is 0 Å². The van der Waals surface area contributed by atoms with Crippen molar-refractivity contribution >= 4 is 0 Å². The third-order valence-corrected chi connectivity index (χ3v) is 2.99. The van der Waals surface area contributed by atoms with Crippen molar-refractivity contribution < 1.29 is 4.74 Å². The van der Waals surface area contributed by atoms with Crippen LogP contribution < -0.4 is 0 Å². The minimum atomic E-state index is 0.323. The van der Waals surface area contributed by atoms with Crippen molar-refractivity contribution in [3.8, 4) is 0 Å². The zero-order valence-electron chi connectivity index (χ0n) is 9.31. The Hall–Kier alpha value is -0.0800. The van der Waals surface area contributed by atoms with Gasteiger partial charge in [0.25, 0.3) is 0 Å². The lowest BCUT2D eigenvalue weighted by Crippen LogP contribution is -2.43. The van der Waals surface area contributed by atoms with E-state index >= 15 is 0 Å². The number of hydrogen-bond donors (Lipinski definition) is 0. The maximum absolute atomic E-state index is 5.55. The molecule has 2 heteroatoms. The van der Waals surface area contributed by atoms with Gasteiger partial charge in [0.15, 0.2) is 0 Å². The Morgan fingerprint density at radius 3 is 2.69 bits per heavy atom. The maximum Gasteiger partial charge on any atom is 0.0996 e. The summed E-state index contributed by atoms with van der Waals surface area (Å²) in [5, 5.41) is 0. The number of rotatable bonds is 5. The predicted molar refractivity (Wildman–Crippen MR) is 55.7 cm³/mol. The molecule has 1 atom stereocenters. The summed E-state index contributed by atoms with van der Waals surface area (Å²) in [5.74, 6) is 0. The molecule has 1 fully saturated rings. The Bertz CT molecular complexity index is 149. The van der Waals surface area contributed by atoms with Crippen molar-refractivity contribution in [2.24, 2.45) is 0 Å². The molecule has 0 radical (unpaired) electrons. The molecular formula is C11H23NO. The van der Waals surface area contributed by atoms with Crippen LogP contribution in [-0.4, -0.2) is 30.3 Å². The molecule has 0 saturated carbocycles. The molecule has 13 heavy (non-hydrogen) atoms. The second-order valence-electron chi connectivity index (χ2n) is 4.34. The zero-order chi connectivity index (χ0) is 9.73. The lowest BCUT2D eigenvalue weighted by Gasteiger charge is -2.32. The number of ether oxygens (including phenoxy) is 1. The first-order valence-corrected chi connectivity index (χ1v) is 5.55. The van der Waals surface area contributed by atoms with Gasteiger partial charge in [0, 0.05) is 12.1 Å². The molecule has 1 aliphatic rings. The first-order valence-electron chi connectivity index (χ1n) is 5.55. The van der Waals surface area contributed by atoms with Gasteiger partial charge in [0.05, 0.1) is 13.3 Å². The van der Waals surface area contributed by atoms with Gasteiger partial charge in [0.1, 0.15) is 0 Å². The highest BCUT2D eigenvalue weighted by Crippen LogP contribution is 2.27. The standard InChI is InChI=1S/C11H23NO/c1-4-6-8-12-10-13-9-11(12,3)7-5-2/h4-10H2,1-3H3. The molecule has 1 aliphatic heterocycles. The van der Waals surface area contributed by atoms with Crippen LogP contribution in [0.4, 0.5) is 0 Å². The van der Waals surface area contributed by atoms with Crippen LogP contribution in [0.1, 0.15) is 46.5 Å². The Kier molecular flexibility index (Phi) is 4.20. The fourth-order valence-corrected chi connectivity index (χ4v) is 2.08. The van der Waals surface area contributed by atoms with Gasteiger partial charge in [0.2, 0.25) is 0 Å². The zero-order valence-corrected chi connectivity index (χ0v) is 9.31. The summed E-state index contributed by atoms with van der Waals surface area (Å²) in [5.41, 5.74) is 0.323. The number of hydrogen-bond acceptors (Lipinski definition) is 2. The fourth-order valence-electron chi connectivity index (χ4n) is 2.08. The van der Waals surface area contributed by atoms with Crippen LogP contribution in [0.15, 0.2) is 0 Å². The molecule has 0 N–H and O–H groups in total. The van der Waals surface area contributed by atoms with Crippen molar-refractivity contribution in [1.82, 2.24) is 4.90 Å². The summed E-state index contributed by atoms with van der Waals surface area (Å²) < 4.78 is 5.55. The van der Waals surface area contributed by atoms with Gasteiger partial charge in [-0.05, 0) is 19.8 Å². The molecule has 1 heterocycles. The van der Waals surface area contributed by atoms with E-state index in [4.69, 9.17) is 4.74 Å². The maximum atomic E-state index is 5.55. The SMILES string of the molecule is CCCCN1COCC1(C)CCC. The van der Waals surface area contributed by atoms with Gasteiger partial charge in [-0.1, -0.05) is 26.7 Å². The summed E-state index contributed by atoms with van der Waals surface area (Å²) in [6.45, 7) is 9.79. The van der Waals surface area contributed by atoms with Crippen molar-refractivity contribution in [2.45, 2.75) is 52.0 Å². The van der Waals surface area contributed by atoms with Crippen LogP contribution in [0.3, 0.4) is 0 Å². The average Bonchev–Trinajstić information content (AvgIpc) is 2.44. The van der Waals surface area contributed by atoms with Crippen LogP contribution in [0.2, 0.25) is 0 Å². The summed E-state index contributed by atoms with van der Waals surface area (Å²) in [6.07, 6.45) is 5.08. The molecule has 78 valence electrons. The molecule has 0 aromatic heterocycles. The largest absolute Gasteiger partial charge is 0.364 e. The first kappa shape index (κ1) is 11.0. The molecule has 0 aromatic rings. The van der Waals surface area contributed by atoms with Crippen LogP contribution in [0.25, 0.3) is 0 Å². The van der Waals surface area contributed by atoms with E-state index in [1.165, 1.54) is 32.2 Å². The lowest BCUT2D eigenvalue weighted by molar-refractivity contribution is 0.123. The van der Waals surface area contributed by atoms with E-state index in [2.05, 4.69) is 25.7 Å². The minimum Gasteiger partial charge on any atom is -0.364 e. The molecule has 1 rings (SSSR count). The van der Waals surface area contributed by atoms with E-state index in [-0.39, 0.29) is 0 Å². The highest BCUT2D eigenvalue weighted by Gasteiger charge is 2.35. The van der Waals surface area contributed by atoms with Crippen molar-refractivity contribution in [3.05, 3.63) is 0 Å². The fraction of sp³-hybridized carbons (Fsp3) is 1.00. The van der Waals surface area contributed by atoms with Crippen LogP contribution in [-0.2, 0) is 4.74 Å². The van der Waals surface area contributed by atoms with Crippen LogP contribution >= 0.6 is 0 Å². The number of unbranched alkanes of at least 4 members (excludes halogenated alkanes) is 1. The highest BCUT2D eigenvalue weighted by atomic mass is 16.5. The van der Waals surface area contributed by atoms with Gasteiger partial charge in [-0.15, -0.1) is 0 Å². The normalized spacial score (nSPS) is 29.8. The van der Waals surface area contributed by atoms with Gasteiger partial charge in [-0.25, -0.2) is 0 Å². The lowest BCUT2D eigenvalue weighted by atomic mass is 9.96. The molecule has 0 aliphatic carbocycles. The van der Waals surface area contributed by atoms with Crippen molar-refractivity contribution in [3.63, 3.8) is 0 Å². The molecule has 0 aromatic carbocycles. The van der Waals surface area contributed by atoms with Gasteiger partial charge >= 0.3 is 0 Å². The van der Waals surface area contributed by atoms with E-state index in [9.17, 15) is 0 Å². The van der Waals surface area contributed by atoms with Crippen LogP contribution in [0.5, 0.6) is 0 Å². The monoisotopic (exact) mass is 185 g/mol. The van der Waals surface area contributed by atoms with Crippen molar-refractivity contribution in [2.75, 3.05) is 19.9 Å². The van der Waals surface area contributed by atoms with E-state index < -0.39 is 0 Å². The third-order valence-electron chi connectivity index (χ3n) is 2.99. The number of nitrogens with zero attached hydrogens (tertiary/aromatic N) is 1. The van der Waals surface area contributed by atoms with E-state index in [0.717, 1.165) is 13.3 Å². The summed E-state index contributed by atoms with van der Waals surface area (Å²) in [7, 11) is 0. The quantitative estimate of drug-likeness (QED) is 0.653. The molecule has 0 spiro atoms. The van der Waals surface area contributed by atoms with Gasteiger partial charge < -0.3 is 4.74 Å². The smallest absolute Gasteiger partial charge is 0.0996 e. The first-order chi connectivity index (χ1) is 6.23. The predicted octanol–water partition coefficient (Wildman–Crippen LogP) is 2.64. The summed E-state index contributed by atoms with van der Waals surface area (Å²) in [6, 6.07) is 0. The molecular weight excluding hydrogens is 162 g/mol. The molecule has 1 unspecified atom stereocenters. The second kappa shape index (κ2) is 4.97. The molecule has 1 saturated heterocycles. The topological polar surface area (TPSA) is 12.5 Å². The second-order valence-corrected chi connectivity index (χ2v) is 4.34. The Morgan fingerprint density at radius 1 is 1.31 bits per heavy atom. The van der Waals surface area contributed by atoms with E-state index in [1.807, 2.05) is 0 Å². The summed E-state index contributed by atoms with van der Waals surface area (Å²) >= 11 is 0. The van der Waals surface area contributed by atoms with E-state index in [1.54, 1.807) is 0 Å². The average molecular weight is 185 g/mol. The Morgan fingerprint density at radius 2 is 2.08 bits per heavy atom. The molecule has 0 amide bonds. The Labute approximate surface area is 82.3 Å². The van der Waals surface area contributed by atoms with E-state index in [0.29, 0.717) is 5.54 Å². The molecule has 0 bridgehead atoms. The molecule has 2 nitrogen and oxygen atoms in total.